The molecule has 4 rings (SSSR count). The maximum absolute atomic E-state index is 11.9. The zero-order valence-corrected chi connectivity index (χ0v) is 18.3. The molecule has 31 heavy (non-hydrogen) atoms. The molecule has 0 aliphatic carbocycles. The van der Waals surface area contributed by atoms with Gasteiger partial charge in [0.05, 0.1) is 6.10 Å². The summed E-state index contributed by atoms with van der Waals surface area (Å²) in [5.74, 6) is 0.273. The van der Waals surface area contributed by atoms with Gasteiger partial charge in [-0.15, -0.1) is 0 Å². The molecule has 6 heteroatoms. The van der Waals surface area contributed by atoms with Gasteiger partial charge in [-0.3, -0.25) is 9.69 Å². The van der Waals surface area contributed by atoms with Gasteiger partial charge < -0.3 is 15.2 Å². The molecule has 6 nitrogen and oxygen atoms in total. The molecule has 1 saturated heterocycles. The van der Waals surface area contributed by atoms with E-state index in [0.717, 1.165) is 56.6 Å². The van der Waals surface area contributed by atoms with Crippen molar-refractivity contribution in [2.45, 2.75) is 57.6 Å². The molecule has 3 heterocycles. The summed E-state index contributed by atoms with van der Waals surface area (Å²) < 4.78 is 6.09. The number of carboxylic acid groups (broad SMARTS) is 1. The lowest BCUT2D eigenvalue weighted by molar-refractivity contribution is -0.143. The lowest BCUT2D eigenvalue weighted by Gasteiger charge is -2.24. The number of anilines is 1. The predicted molar refractivity (Wildman–Crippen MR) is 121 cm³/mol. The van der Waals surface area contributed by atoms with E-state index in [2.05, 4.69) is 18.3 Å². The molecule has 2 unspecified atom stereocenters. The van der Waals surface area contributed by atoms with Crippen molar-refractivity contribution in [3.63, 3.8) is 0 Å². The Balaban J connectivity index is 1.21. The monoisotopic (exact) mass is 423 g/mol. The molecule has 2 aromatic rings. The molecule has 166 valence electrons. The van der Waals surface area contributed by atoms with Crippen LogP contribution in [0.15, 0.2) is 36.4 Å². The molecule has 0 amide bonds. The zero-order chi connectivity index (χ0) is 21.6. The smallest absolute Gasteiger partial charge is 0.325 e. The molecule has 2 N–H and O–H groups in total. The minimum atomic E-state index is -0.797. The fourth-order valence-corrected chi connectivity index (χ4v) is 4.70. The van der Waals surface area contributed by atoms with Crippen LogP contribution in [0.4, 0.5) is 5.82 Å². The molecule has 2 atom stereocenters. The number of hydrogen-bond donors (Lipinski definition) is 2. The first-order valence-electron chi connectivity index (χ1n) is 11.5. The van der Waals surface area contributed by atoms with E-state index < -0.39 is 12.0 Å². The molecular formula is C25H33N3O3. The summed E-state index contributed by atoms with van der Waals surface area (Å²) in [6.07, 6.45) is 6.30. The average Bonchev–Trinajstić information content (AvgIpc) is 3.22. The molecule has 2 aliphatic rings. The second kappa shape index (κ2) is 10.2. The van der Waals surface area contributed by atoms with Crippen LogP contribution in [0.2, 0.25) is 0 Å². The van der Waals surface area contributed by atoms with Crippen LogP contribution in [0.1, 0.15) is 54.1 Å². The third-order valence-corrected chi connectivity index (χ3v) is 6.36. The number of ether oxygens (including phenoxy) is 1. The van der Waals surface area contributed by atoms with Crippen molar-refractivity contribution in [1.29, 1.82) is 0 Å². The molecule has 1 aromatic heterocycles. The van der Waals surface area contributed by atoms with E-state index in [-0.39, 0.29) is 6.10 Å². The Labute approximate surface area is 184 Å². The Kier molecular flexibility index (Phi) is 7.20. The normalized spacial score (nSPS) is 19.6. The quantitative estimate of drug-likeness (QED) is 0.594. The van der Waals surface area contributed by atoms with Gasteiger partial charge >= 0.3 is 5.97 Å². The number of benzene rings is 1. The second-order valence-corrected chi connectivity index (χ2v) is 8.67. The number of aliphatic carboxylic acids is 1. The Hall–Kier alpha value is -2.44. The lowest BCUT2D eigenvalue weighted by atomic mass is 10.0. The number of hydrogen-bond acceptors (Lipinski definition) is 5. The van der Waals surface area contributed by atoms with Gasteiger partial charge in [0.2, 0.25) is 0 Å². The van der Waals surface area contributed by atoms with Gasteiger partial charge in [0, 0.05) is 31.9 Å². The number of aryl methyl sites for hydroxylation is 3. The summed E-state index contributed by atoms with van der Waals surface area (Å²) in [4.78, 5) is 18.7. The standard InChI is InChI=1S/C25H33N3O3/c1-18-16-20-10-7-13-26-24(20)27-22(18)11-5-6-15-31-21-12-14-28(17-21)23(25(29)30)19-8-3-2-4-9-19/h2-4,8-9,16,21,23H,5-7,10-15,17H2,1H3,(H,26,27)(H,29,30). The highest BCUT2D eigenvalue weighted by atomic mass is 16.5. The molecule has 2 aliphatic heterocycles. The summed E-state index contributed by atoms with van der Waals surface area (Å²) >= 11 is 0. The van der Waals surface area contributed by atoms with E-state index in [1.807, 2.05) is 35.2 Å². The SMILES string of the molecule is Cc1cc2c(nc1CCCCOC1CCN(C(C(=O)O)c3ccccc3)C1)NCCC2. The number of aromatic nitrogens is 1. The van der Waals surface area contributed by atoms with E-state index in [4.69, 9.17) is 9.72 Å². The van der Waals surface area contributed by atoms with Crippen molar-refractivity contribution in [3.8, 4) is 0 Å². The van der Waals surface area contributed by atoms with E-state index in [0.29, 0.717) is 13.2 Å². The third kappa shape index (κ3) is 5.43. The lowest BCUT2D eigenvalue weighted by Crippen LogP contribution is -2.33. The minimum Gasteiger partial charge on any atom is -0.480 e. The highest BCUT2D eigenvalue weighted by Gasteiger charge is 2.33. The Morgan fingerprint density at radius 1 is 1.32 bits per heavy atom. The van der Waals surface area contributed by atoms with Gasteiger partial charge in [0.15, 0.2) is 0 Å². The van der Waals surface area contributed by atoms with Crippen LogP contribution in [0.3, 0.4) is 0 Å². The Bertz CT molecular complexity index is 887. The van der Waals surface area contributed by atoms with Gasteiger partial charge in [-0.25, -0.2) is 4.98 Å². The van der Waals surface area contributed by atoms with Crippen molar-refractivity contribution >= 4 is 11.8 Å². The largest absolute Gasteiger partial charge is 0.480 e. The molecule has 0 radical (unpaired) electrons. The van der Waals surface area contributed by atoms with Crippen LogP contribution in [0.25, 0.3) is 0 Å². The second-order valence-electron chi connectivity index (χ2n) is 8.67. The Morgan fingerprint density at radius 3 is 2.97 bits per heavy atom. The Morgan fingerprint density at radius 2 is 2.16 bits per heavy atom. The molecule has 1 fully saturated rings. The van der Waals surface area contributed by atoms with Crippen molar-refractivity contribution in [3.05, 3.63) is 58.8 Å². The van der Waals surface area contributed by atoms with Crippen molar-refractivity contribution < 1.29 is 14.6 Å². The van der Waals surface area contributed by atoms with Crippen LogP contribution in [-0.4, -0.2) is 53.3 Å². The minimum absolute atomic E-state index is 0.110. The number of pyridine rings is 1. The number of carbonyl (C=O) groups is 1. The van der Waals surface area contributed by atoms with Crippen molar-refractivity contribution in [1.82, 2.24) is 9.88 Å². The van der Waals surface area contributed by atoms with Crippen molar-refractivity contribution in [2.75, 3.05) is 31.6 Å². The molecule has 0 saturated carbocycles. The van der Waals surface area contributed by atoms with Crippen LogP contribution in [0, 0.1) is 6.92 Å². The molecular weight excluding hydrogens is 390 g/mol. The van der Waals surface area contributed by atoms with Gasteiger partial charge in [0.25, 0.3) is 0 Å². The third-order valence-electron chi connectivity index (χ3n) is 6.36. The topological polar surface area (TPSA) is 74.7 Å². The first kappa shape index (κ1) is 21.8. The van der Waals surface area contributed by atoms with E-state index in [1.54, 1.807) is 0 Å². The zero-order valence-electron chi connectivity index (χ0n) is 18.3. The summed E-state index contributed by atoms with van der Waals surface area (Å²) in [6.45, 7) is 5.31. The van der Waals surface area contributed by atoms with Gasteiger partial charge in [-0.05, 0) is 62.1 Å². The van der Waals surface area contributed by atoms with Gasteiger partial charge in [-0.2, -0.15) is 0 Å². The first-order valence-corrected chi connectivity index (χ1v) is 11.5. The van der Waals surface area contributed by atoms with Gasteiger partial charge in [0.1, 0.15) is 11.9 Å². The van der Waals surface area contributed by atoms with Crippen LogP contribution in [-0.2, 0) is 22.4 Å². The maximum Gasteiger partial charge on any atom is 0.325 e. The predicted octanol–water partition coefficient (Wildman–Crippen LogP) is 3.99. The van der Waals surface area contributed by atoms with Crippen molar-refractivity contribution in [2.24, 2.45) is 0 Å². The van der Waals surface area contributed by atoms with Crippen LogP contribution >= 0.6 is 0 Å². The number of nitrogens with one attached hydrogen (secondary N) is 1. The fraction of sp³-hybridized carbons (Fsp3) is 0.520. The average molecular weight is 424 g/mol. The van der Waals surface area contributed by atoms with Crippen LogP contribution < -0.4 is 5.32 Å². The highest BCUT2D eigenvalue weighted by molar-refractivity contribution is 5.75. The number of unbranched alkanes of at least 4 members (excludes halogenated alkanes) is 1. The summed E-state index contributed by atoms with van der Waals surface area (Å²) in [6, 6.07) is 11.2. The number of rotatable bonds is 9. The summed E-state index contributed by atoms with van der Waals surface area (Å²) in [7, 11) is 0. The number of carboxylic acids is 1. The molecule has 0 bridgehead atoms. The molecule has 1 aromatic carbocycles. The van der Waals surface area contributed by atoms with E-state index in [1.165, 1.54) is 23.2 Å². The van der Waals surface area contributed by atoms with Gasteiger partial charge in [-0.1, -0.05) is 36.4 Å². The highest BCUT2D eigenvalue weighted by Crippen LogP contribution is 2.27. The summed E-state index contributed by atoms with van der Waals surface area (Å²) in [5.41, 5.74) is 4.65. The number of nitrogens with zero attached hydrogens (tertiary/aromatic N) is 2. The molecule has 0 spiro atoms. The van der Waals surface area contributed by atoms with E-state index in [9.17, 15) is 9.90 Å². The summed E-state index contributed by atoms with van der Waals surface area (Å²) in [5, 5.41) is 13.2. The number of fused-ring (bicyclic) bond motifs is 1. The van der Waals surface area contributed by atoms with Crippen LogP contribution in [0.5, 0.6) is 0 Å². The fourth-order valence-electron chi connectivity index (χ4n) is 4.70. The van der Waals surface area contributed by atoms with E-state index >= 15 is 0 Å². The number of likely N-dealkylation sites (tertiary alicyclic amines) is 1. The first-order chi connectivity index (χ1) is 15.1. The maximum atomic E-state index is 11.9.